The number of nitrogens with zero attached hydrogens (tertiary/aromatic N) is 2. The third-order valence-electron chi connectivity index (χ3n) is 5.22. The van der Waals surface area contributed by atoms with Crippen molar-refractivity contribution in [2.45, 2.75) is 19.1 Å². The minimum atomic E-state index is -2.89. The number of aliphatic imine (C=N–C) groups is 1. The Balaban J connectivity index is 1.81. The fourth-order valence-electron chi connectivity index (χ4n) is 3.79. The van der Waals surface area contributed by atoms with Crippen LogP contribution in [0.1, 0.15) is 16.7 Å². The Kier molecular flexibility index (Phi) is 5.46. The van der Waals surface area contributed by atoms with Crippen LogP contribution >= 0.6 is 0 Å². The minimum Gasteiger partial charge on any atom is -0.495 e. The Morgan fingerprint density at radius 2 is 1.90 bits per heavy atom. The van der Waals surface area contributed by atoms with E-state index in [1.807, 2.05) is 37.3 Å². The average molecular weight is 425 g/mol. The summed E-state index contributed by atoms with van der Waals surface area (Å²) in [5.74, 6) is 0.730. The van der Waals surface area contributed by atoms with Crippen molar-refractivity contribution in [1.29, 1.82) is 0 Å². The topological polar surface area (TPSA) is 79.0 Å². The molecule has 0 radical (unpaired) electrons. The molecule has 160 valence electrons. The molecule has 1 aromatic heterocycles. The summed E-state index contributed by atoms with van der Waals surface area (Å²) in [7, 11) is 1.59. The number of ether oxygens (including phenoxy) is 3. The molecule has 2 aromatic carbocycles. The summed E-state index contributed by atoms with van der Waals surface area (Å²) in [5.41, 5.74) is 9.14. The smallest absolute Gasteiger partial charge is 0.387 e. The maximum Gasteiger partial charge on any atom is 0.387 e. The van der Waals surface area contributed by atoms with Gasteiger partial charge in [-0.05, 0) is 53.4 Å². The van der Waals surface area contributed by atoms with E-state index in [0.29, 0.717) is 5.75 Å². The summed E-state index contributed by atoms with van der Waals surface area (Å²) in [6, 6.07) is 14.5. The van der Waals surface area contributed by atoms with Crippen molar-refractivity contribution in [2.75, 3.05) is 13.7 Å². The van der Waals surface area contributed by atoms with E-state index in [0.717, 1.165) is 27.8 Å². The van der Waals surface area contributed by atoms with Gasteiger partial charge < -0.3 is 19.9 Å². The summed E-state index contributed by atoms with van der Waals surface area (Å²) < 4.78 is 40.6. The summed E-state index contributed by atoms with van der Waals surface area (Å²) in [6.45, 7) is -0.889. The first-order chi connectivity index (χ1) is 14.9. The lowest BCUT2D eigenvalue weighted by molar-refractivity contribution is -0.0498. The van der Waals surface area contributed by atoms with Gasteiger partial charge in [0.2, 0.25) is 0 Å². The van der Waals surface area contributed by atoms with Gasteiger partial charge in [0, 0.05) is 11.8 Å². The van der Waals surface area contributed by atoms with Gasteiger partial charge in [0.05, 0.1) is 13.3 Å². The molecule has 2 N–H and O–H groups in total. The zero-order chi connectivity index (χ0) is 22.0. The fraction of sp³-hybridized carbons (Fsp3) is 0.217. The van der Waals surface area contributed by atoms with Gasteiger partial charge in [-0.1, -0.05) is 24.3 Å². The molecule has 0 amide bonds. The molecular weight excluding hydrogens is 404 g/mol. The van der Waals surface area contributed by atoms with Crippen molar-refractivity contribution in [3.8, 4) is 22.6 Å². The highest BCUT2D eigenvalue weighted by molar-refractivity contribution is 5.76. The number of aromatic nitrogens is 1. The molecule has 2 heterocycles. The number of alkyl halides is 2. The van der Waals surface area contributed by atoms with Crippen LogP contribution in [0.15, 0.2) is 65.9 Å². The highest BCUT2D eigenvalue weighted by Gasteiger charge is 2.41. The van der Waals surface area contributed by atoms with Crippen LogP contribution in [0.25, 0.3) is 11.1 Å². The van der Waals surface area contributed by atoms with Crippen LogP contribution in [0.5, 0.6) is 11.5 Å². The molecule has 31 heavy (non-hydrogen) atoms. The number of hydrogen-bond acceptors (Lipinski definition) is 6. The van der Waals surface area contributed by atoms with Crippen molar-refractivity contribution in [2.24, 2.45) is 10.7 Å². The molecule has 4 rings (SSSR count). The standard InChI is InChI=1S/C23H21F2N3O3/c1-14-8-18(31-21(24)25)6-7-20(14)23(13-30-22(26)28-23)17-5-3-4-15(9-17)16-10-19(29-2)12-27-11-16/h3-12,21H,13H2,1-2H3,(H2,26,28). The third kappa shape index (κ3) is 4.01. The van der Waals surface area contributed by atoms with Gasteiger partial charge in [0.25, 0.3) is 6.02 Å². The fourth-order valence-corrected chi connectivity index (χ4v) is 3.79. The molecule has 8 heteroatoms. The van der Waals surface area contributed by atoms with E-state index in [4.69, 9.17) is 15.2 Å². The number of rotatable bonds is 6. The van der Waals surface area contributed by atoms with E-state index in [-0.39, 0.29) is 18.4 Å². The van der Waals surface area contributed by atoms with Gasteiger partial charge in [-0.3, -0.25) is 4.98 Å². The van der Waals surface area contributed by atoms with Crippen LogP contribution in [-0.4, -0.2) is 31.3 Å². The maximum atomic E-state index is 12.6. The minimum absolute atomic E-state index is 0.0701. The van der Waals surface area contributed by atoms with Crippen LogP contribution in [0.2, 0.25) is 0 Å². The van der Waals surface area contributed by atoms with Crippen LogP contribution in [-0.2, 0) is 10.3 Å². The van der Waals surface area contributed by atoms with Gasteiger partial charge in [0.15, 0.2) is 5.54 Å². The number of nitrogens with two attached hydrogens (primary N) is 1. The van der Waals surface area contributed by atoms with Gasteiger partial charge in [-0.25, -0.2) is 4.99 Å². The lowest BCUT2D eigenvalue weighted by Gasteiger charge is -2.27. The van der Waals surface area contributed by atoms with Crippen LogP contribution < -0.4 is 15.2 Å². The SMILES string of the molecule is COc1cncc(-c2cccc(C3(c4ccc(OC(F)F)cc4C)COC(N)=N3)c2)c1. The molecular formula is C23H21F2N3O3. The molecule has 0 saturated carbocycles. The number of pyridine rings is 1. The number of halogens is 2. The molecule has 0 saturated heterocycles. The Hall–Kier alpha value is -3.68. The Morgan fingerprint density at radius 1 is 1.06 bits per heavy atom. The molecule has 0 aliphatic carbocycles. The predicted molar refractivity (Wildman–Crippen MR) is 112 cm³/mol. The van der Waals surface area contributed by atoms with Crippen LogP contribution in [0.3, 0.4) is 0 Å². The summed E-state index contributed by atoms with van der Waals surface area (Å²) in [5, 5.41) is 0. The first-order valence-electron chi connectivity index (χ1n) is 9.55. The second-order valence-electron chi connectivity index (χ2n) is 7.15. The van der Waals surface area contributed by atoms with Gasteiger partial charge in [0.1, 0.15) is 18.1 Å². The molecule has 0 spiro atoms. The molecule has 6 nitrogen and oxygen atoms in total. The largest absolute Gasteiger partial charge is 0.495 e. The molecule has 3 aromatic rings. The molecule has 1 aliphatic heterocycles. The van der Waals surface area contributed by atoms with Crippen molar-refractivity contribution in [3.05, 3.63) is 77.6 Å². The highest BCUT2D eigenvalue weighted by Crippen LogP contribution is 2.41. The van der Waals surface area contributed by atoms with E-state index in [1.54, 1.807) is 31.6 Å². The van der Waals surface area contributed by atoms with Gasteiger partial charge >= 0.3 is 6.61 Å². The van der Waals surface area contributed by atoms with Crippen LogP contribution in [0.4, 0.5) is 8.78 Å². The monoisotopic (exact) mass is 425 g/mol. The lowest BCUT2D eigenvalue weighted by Crippen LogP contribution is -2.28. The Labute approximate surface area is 178 Å². The van der Waals surface area contributed by atoms with Gasteiger partial charge in [-0.15, -0.1) is 0 Å². The normalized spacial score (nSPS) is 17.9. The second kappa shape index (κ2) is 8.22. The summed E-state index contributed by atoms with van der Waals surface area (Å²) in [4.78, 5) is 8.84. The number of methoxy groups -OCH3 is 1. The second-order valence-corrected chi connectivity index (χ2v) is 7.15. The van der Waals surface area contributed by atoms with Crippen molar-refractivity contribution in [3.63, 3.8) is 0 Å². The van der Waals surface area contributed by atoms with E-state index >= 15 is 0 Å². The van der Waals surface area contributed by atoms with E-state index in [1.165, 1.54) is 6.07 Å². The third-order valence-corrected chi connectivity index (χ3v) is 5.22. The zero-order valence-electron chi connectivity index (χ0n) is 17.0. The number of aryl methyl sites for hydroxylation is 1. The van der Waals surface area contributed by atoms with E-state index in [2.05, 4.69) is 14.7 Å². The molecule has 1 aliphatic rings. The van der Waals surface area contributed by atoms with Gasteiger partial charge in [-0.2, -0.15) is 8.78 Å². The number of hydrogen-bond donors (Lipinski definition) is 1. The average Bonchev–Trinajstić information content (AvgIpc) is 3.16. The van der Waals surface area contributed by atoms with Crippen molar-refractivity contribution in [1.82, 2.24) is 4.98 Å². The van der Waals surface area contributed by atoms with Crippen molar-refractivity contribution >= 4 is 6.02 Å². The summed E-state index contributed by atoms with van der Waals surface area (Å²) in [6.07, 6.45) is 3.38. The molecule has 0 fully saturated rings. The Bertz CT molecular complexity index is 1140. The van der Waals surface area contributed by atoms with E-state index in [9.17, 15) is 8.78 Å². The number of benzene rings is 2. The van der Waals surface area contributed by atoms with E-state index < -0.39 is 12.2 Å². The first kappa shape index (κ1) is 20.6. The quantitative estimate of drug-likeness (QED) is 0.639. The first-order valence-corrected chi connectivity index (χ1v) is 9.55. The van der Waals surface area contributed by atoms with Crippen molar-refractivity contribution < 1.29 is 23.0 Å². The Morgan fingerprint density at radius 3 is 2.58 bits per heavy atom. The maximum absolute atomic E-state index is 12.6. The lowest BCUT2D eigenvalue weighted by atomic mass is 9.81. The molecule has 1 atom stereocenters. The zero-order valence-corrected chi connectivity index (χ0v) is 17.0. The predicted octanol–water partition coefficient (Wildman–Crippen LogP) is 4.26. The number of amidine groups is 1. The highest BCUT2D eigenvalue weighted by atomic mass is 19.3. The summed E-state index contributed by atoms with van der Waals surface area (Å²) >= 11 is 0. The molecule has 0 bridgehead atoms. The molecule has 1 unspecified atom stereocenters. The van der Waals surface area contributed by atoms with Crippen LogP contribution in [0, 0.1) is 6.92 Å².